The molecule has 1 aromatic carbocycles. The van der Waals surface area contributed by atoms with Crippen LogP contribution in [0.15, 0.2) is 12.1 Å². The van der Waals surface area contributed by atoms with E-state index in [1.165, 1.54) is 6.07 Å². The van der Waals surface area contributed by atoms with Gasteiger partial charge in [-0.1, -0.05) is 11.6 Å². The number of benzene rings is 1. The van der Waals surface area contributed by atoms with Gasteiger partial charge in [-0.15, -0.1) is 0 Å². The lowest BCUT2D eigenvalue weighted by molar-refractivity contribution is 0.0622. The molecule has 0 radical (unpaired) electrons. The highest BCUT2D eigenvalue weighted by Gasteiger charge is 2.21. The van der Waals surface area contributed by atoms with Crippen LogP contribution in [0, 0.1) is 12.8 Å². The number of carboxylic acid groups (broad SMARTS) is 1. The van der Waals surface area contributed by atoms with Crippen LogP contribution in [0.4, 0.5) is 5.69 Å². The first-order valence-corrected chi connectivity index (χ1v) is 7.24. The molecule has 1 saturated heterocycles. The number of halogens is 1. The standard InChI is InChI=1S/C15H20ClNO3/c1-9-13(15(18)19)7-12(16)8-14(9)17-10(2)11-3-5-20-6-4-11/h7-8,10-11,17H,3-6H2,1-2H3,(H,18,19). The van der Waals surface area contributed by atoms with Gasteiger partial charge in [0.05, 0.1) is 5.56 Å². The molecule has 20 heavy (non-hydrogen) atoms. The molecule has 1 aliphatic heterocycles. The van der Waals surface area contributed by atoms with Crippen LogP contribution < -0.4 is 5.32 Å². The molecule has 1 aliphatic rings. The molecular formula is C15H20ClNO3. The summed E-state index contributed by atoms with van der Waals surface area (Å²) in [6.45, 7) is 5.52. The van der Waals surface area contributed by atoms with Gasteiger partial charge in [0.1, 0.15) is 0 Å². The van der Waals surface area contributed by atoms with E-state index in [9.17, 15) is 9.90 Å². The maximum absolute atomic E-state index is 11.2. The van der Waals surface area contributed by atoms with Gasteiger partial charge in [-0.2, -0.15) is 0 Å². The molecule has 110 valence electrons. The molecule has 0 aliphatic carbocycles. The van der Waals surface area contributed by atoms with Crippen molar-refractivity contribution in [1.29, 1.82) is 0 Å². The van der Waals surface area contributed by atoms with Crippen molar-refractivity contribution in [3.63, 3.8) is 0 Å². The van der Waals surface area contributed by atoms with Crippen LogP contribution in [0.5, 0.6) is 0 Å². The molecule has 2 rings (SSSR count). The van der Waals surface area contributed by atoms with E-state index in [1.807, 2.05) is 0 Å². The predicted molar refractivity (Wildman–Crippen MR) is 79.8 cm³/mol. The molecule has 1 aromatic rings. The van der Waals surface area contributed by atoms with Crippen molar-refractivity contribution in [2.24, 2.45) is 5.92 Å². The molecule has 0 bridgehead atoms. The first-order chi connectivity index (χ1) is 9.49. The molecule has 1 atom stereocenters. The molecule has 0 amide bonds. The molecule has 4 nitrogen and oxygen atoms in total. The van der Waals surface area contributed by atoms with Crippen molar-refractivity contribution in [3.8, 4) is 0 Å². The van der Waals surface area contributed by atoms with E-state index in [0.29, 0.717) is 10.9 Å². The lowest BCUT2D eigenvalue weighted by Crippen LogP contribution is -2.31. The summed E-state index contributed by atoms with van der Waals surface area (Å²) in [6.07, 6.45) is 2.05. The minimum absolute atomic E-state index is 0.249. The highest BCUT2D eigenvalue weighted by molar-refractivity contribution is 6.31. The zero-order valence-electron chi connectivity index (χ0n) is 11.8. The van der Waals surface area contributed by atoms with Gasteiger partial charge in [-0.25, -0.2) is 4.79 Å². The molecule has 1 unspecified atom stereocenters. The van der Waals surface area contributed by atoms with Gasteiger partial charge in [0.15, 0.2) is 0 Å². The Kier molecular flexibility index (Phi) is 4.89. The van der Waals surface area contributed by atoms with E-state index in [1.54, 1.807) is 13.0 Å². The van der Waals surface area contributed by atoms with Crippen molar-refractivity contribution in [2.45, 2.75) is 32.7 Å². The van der Waals surface area contributed by atoms with E-state index in [4.69, 9.17) is 16.3 Å². The summed E-state index contributed by atoms with van der Waals surface area (Å²) in [5, 5.41) is 13.0. The van der Waals surface area contributed by atoms with E-state index < -0.39 is 5.97 Å². The Morgan fingerprint density at radius 3 is 2.70 bits per heavy atom. The van der Waals surface area contributed by atoms with Crippen LogP contribution in [0.1, 0.15) is 35.7 Å². The second-order valence-corrected chi connectivity index (χ2v) is 5.75. The molecule has 2 N–H and O–H groups in total. The number of aromatic carboxylic acids is 1. The van der Waals surface area contributed by atoms with E-state index >= 15 is 0 Å². The fourth-order valence-electron chi connectivity index (χ4n) is 2.63. The molecule has 1 heterocycles. The number of carboxylic acids is 1. The molecule has 0 spiro atoms. The summed E-state index contributed by atoms with van der Waals surface area (Å²) in [4.78, 5) is 11.2. The summed E-state index contributed by atoms with van der Waals surface area (Å²) in [5.41, 5.74) is 1.77. The maximum atomic E-state index is 11.2. The lowest BCUT2D eigenvalue weighted by atomic mass is 9.92. The molecule has 5 heteroatoms. The van der Waals surface area contributed by atoms with Gasteiger partial charge in [0, 0.05) is 30.0 Å². The van der Waals surface area contributed by atoms with Gasteiger partial charge in [0.2, 0.25) is 0 Å². The molecule has 0 saturated carbocycles. The second-order valence-electron chi connectivity index (χ2n) is 5.31. The van der Waals surface area contributed by atoms with Crippen molar-refractivity contribution in [3.05, 3.63) is 28.3 Å². The number of carbonyl (C=O) groups is 1. The quantitative estimate of drug-likeness (QED) is 0.892. The summed E-state index contributed by atoms with van der Waals surface area (Å²) < 4.78 is 5.37. The Balaban J connectivity index is 2.17. The number of nitrogens with one attached hydrogen (secondary N) is 1. The van der Waals surface area contributed by atoms with Gasteiger partial charge in [-0.3, -0.25) is 0 Å². The van der Waals surface area contributed by atoms with Crippen LogP contribution in [0.2, 0.25) is 5.02 Å². The van der Waals surface area contributed by atoms with Gasteiger partial charge in [0.25, 0.3) is 0 Å². The minimum Gasteiger partial charge on any atom is -0.478 e. The van der Waals surface area contributed by atoms with E-state index in [0.717, 1.165) is 37.3 Å². The molecule has 1 fully saturated rings. The highest BCUT2D eigenvalue weighted by Crippen LogP contribution is 2.28. The zero-order chi connectivity index (χ0) is 14.7. The first kappa shape index (κ1) is 15.1. The number of rotatable bonds is 4. The minimum atomic E-state index is -0.952. The fraction of sp³-hybridized carbons (Fsp3) is 0.533. The largest absolute Gasteiger partial charge is 0.478 e. The van der Waals surface area contributed by atoms with Crippen molar-refractivity contribution in [1.82, 2.24) is 0 Å². The normalized spacial score (nSPS) is 17.8. The number of hydrogen-bond acceptors (Lipinski definition) is 3. The Hall–Kier alpha value is -1.26. The van der Waals surface area contributed by atoms with Crippen LogP contribution in [0.3, 0.4) is 0 Å². The van der Waals surface area contributed by atoms with Crippen LogP contribution in [-0.4, -0.2) is 30.3 Å². The third-order valence-electron chi connectivity index (χ3n) is 3.96. The summed E-state index contributed by atoms with van der Waals surface area (Å²) in [7, 11) is 0. The monoisotopic (exact) mass is 297 g/mol. The molecular weight excluding hydrogens is 278 g/mol. The smallest absolute Gasteiger partial charge is 0.336 e. The number of anilines is 1. The predicted octanol–water partition coefficient (Wildman–Crippen LogP) is 3.57. The maximum Gasteiger partial charge on any atom is 0.336 e. The Labute approximate surface area is 124 Å². The number of ether oxygens (including phenoxy) is 1. The van der Waals surface area contributed by atoms with Crippen molar-refractivity contribution >= 4 is 23.3 Å². The summed E-state index contributed by atoms with van der Waals surface area (Å²) >= 11 is 6.01. The van der Waals surface area contributed by atoms with Gasteiger partial charge >= 0.3 is 5.97 Å². The Morgan fingerprint density at radius 2 is 2.10 bits per heavy atom. The highest BCUT2D eigenvalue weighted by atomic mass is 35.5. The van der Waals surface area contributed by atoms with Crippen molar-refractivity contribution < 1.29 is 14.6 Å². The third kappa shape index (κ3) is 3.44. The van der Waals surface area contributed by atoms with Gasteiger partial charge in [-0.05, 0) is 50.3 Å². The van der Waals surface area contributed by atoms with Crippen LogP contribution >= 0.6 is 11.6 Å². The van der Waals surface area contributed by atoms with E-state index in [2.05, 4.69) is 12.2 Å². The lowest BCUT2D eigenvalue weighted by Gasteiger charge is -2.29. The Morgan fingerprint density at radius 1 is 1.45 bits per heavy atom. The van der Waals surface area contributed by atoms with Crippen LogP contribution in [0.25, 0.3) is 0 Å². The summed E-state index contributed by atoms with van der Waals surface area (Å²) in [6, 6.07) is 3.54. The Bertz CT molecular complexity index is 498. The topological polar surface area (TPSA) is 58.6 Å². The average Bonchev–Trinajstić information content (AvgIpc) is 2.43. The van der Waals surface area contributed by atoms with E-state index in [-0.39, 0.29) is 11.6 Å². The fourth-order valence-corrected chi connectivity index (χ4v) is 2.85. The van der Waals surface area contributed by atoms with Crippen molar-refractivity contribution in [2.75, 3.05) is 18.5 Å². The molecule has 0 aromatic heterocycles. The van der Waals surface area contributed by atoms with Gasteiger partial charge < -0.3 is 15.2 Å². The number of hydrogen-bond donors (Lipinski definition) is 2. The average molecular weight is 298 g/mol. The third-order valence-corrected chi connectivity index (χ3v) is 4.18. The van der Waals surface area contributed by atoms with Crippen LogP contribution in [-0.2, 0) is 4.74 Å². The second kappa shape index (κ2) is 6.46. The summed E-state index contributed by atoms with van der Waals surface area (Å²) in [5.74, 6) is -0.415. The zero-order valence-corrected chi connectivity index (χ0v) is 12.5. The SMILES string of the molecule is Cc1c(NC(C)C2CCOCC2)cc(Cl)cc1C(=O)O. The first-order valence-electron chi connectivity index (χ1n) is 6.86.